The summed E-state index contributed by atoms with van der Waals surface area (Å²) in [6.07, 6.45) is 5.35. The van der Waals surface area contributed by atoms with E-state index in [2.05, 4.69) is 20.9 Å². The van der Waals surface area contributed by atoms with Gasteiger partial charge in [0.05, 0.1) is 15.9 Å². The molecule has 0 atom stereocenters. The van der Waals surface area contributed by atoms with Crippen LogP contribution in [0.15, 0.2) is 34.8 Å². The second-order valence-corrected chi connectivity index (χ2v) is 7.62. The Labute approximate surface area is 142 Å². The lowest BCUT2D eigenvalue weighted by Crippen LogP contribution is -2.01. The molecule has 1 aromatic heterocycles. The van der Waals surface area contributed by atoms with Crippen LogP contribution in [0.2, 0.25) is 5.15 Å². The molecule has 0 aliphatic heterocycles. The van der Waals surface area contributed by atoms with Gasteiger partial charge in [0, 0.05) is 10.8 Å². The van der Waals surface area contributed by atoms with Crippen molar-refractivity contribution in [2.45, 2.75) is 36.7 Å². The highest BCUT2D eigenvalue weighted by Gasteiger charge is 2.17. The molecule has 21 heavy (non-hydrogen) atoms. The van der Waals surface area contributed by atoms with Crippen LogP contribution in [0.1, 0.15) is 31.5 Å². The van der Waals surface area contributed by atoms with Crippen LogP contribution in [-0.2, 0) is 5.75 Å². The van der Waals surface area contributed by atoms with E-state index >= 15 is 0 Å². The van der Waals surface area contributed by atoms with Crippen LogP contribution in [0.4, 0.5) is 0 Å². The number of rotatable bonds is 4. The van der Waals surface area contributed by atoms with Crippen LogP contribution in [0.5, 0.6) is 0 Å². The predicted octanol–water partition coefficient (Wildman–Crippen LogP) is 5.74. The van der Waals surface area contributed by atoms with E-state index in [-0.39, 0.29) is 0 Å². The van der Waals surface area contributed by atoms with E-state index in [4.69, 9.17) is 16.6 Å². The highest BCUT2D eigenvalue weighted by atomic mass is 79.9. The van der Waals surface area contributed by atoms with Gasteiger partial charge in [-0.15, -0.1) is 0 Å². The molecule has 0 bridgehead atoms. The number of nitrogens with zero attached hydrogens (tertiary/aromatic N) is 2. The molecule has 2 aromatic rings. The molecule has 0 unspecified atom stereocenters. The Bertz CT molecular complexity index is 615. The fraction of sp³-hybridized carbons (Fsp3) is 0.375. The van der Waals surface area contributed by atoms with Gasteiger partial charge < -0.3 is 0 Å². The first kappa shape index (κ1) is 15.3. The predicted molar refractivity (Wildman–Crippen MR) is 93.7 cm³/mol. The molecule has 0 spiro atoms. The third kappa shape index (κ3) is 3.79. The summed E-state index contributed by atoms with van der Waals surface area (Å²) >= 11 is 11.7. The van der Waals surface area contributed by atoms with Gasteiger partial charge in [0.2, 0.25) is 0 Å². The molecular formula is C16H16BrClN2S. The summed E-state index contributed by atoms with van der Waals surface area (Å²) in [5, 5.41) is 1.25. The first-order valence-electron chi connectivity index (χ1n) is 7.13. The van der Waals surface area contributed by atoms with Crippen molar-refractivity contribution in [1.29, 1.82) is 0 Å². The standard InChI is InChI=1S/C16H16BrClN2S/c17-14-15(11-6-2-1-3-7-11)19-13(20-16(14)18)10-21-12-8-4-5-9-12/h1-3,6-7,12H,4-5,8-10H2. The molecule has 1 aliphatic rings. The highest BCUT2D eigenvalue weighted by molar-refractivity contribution is 9.10. The number of benzene rings is 1. The minimum atomic E-state index is 0.492. The Morgan fingerprint density at radius 3 is 2.57 bits per heavy atom. The molecular weight excluding hydrogens is 368 g/mol. The van der Waals surface area contributed by atoms with Crippen LogP contribution >= 0.6 is 39.3 Å². The largest absolute Gasteiger partial charge is 0.231 e. The quantitative estimate of drug-likeness (QED) is 0.630. The molecule has 1 fully saturated rings. The summed E-state index contributed by atoms with van der Waals surface area (Å²) in [5.41, 5.74) is 1.93. The Balaban J connectivity index is 1.83. The van der Waals surface area contributed by atoms with Crippen LogP contribution in [0, 0.1) is 0 Å². The number of thioether (sulfide) groups is 1. The zero-order valence-corrected chi connectivity index (χ0v) is 14.7. The van der Waals surface area contributed by atoms with Crippen molar-refractivity contribution in [3.05, 3.63) is 45.8 Å². The van der Waals surface area contributed by atoms with Crippen molar-refractivity contribution in [3.63, 3.8) is 0 Å². The summed E-state index contributed by atoms with van der Waals surface area (Å²) in [4.78, 5) is 9.11. The molecule has 1 aromatic carbocycles. The average Bonchev–Trinajstić information content (AvgIpc) is 3.02. The lowest BCUT2D eigenvalue weighted by Gasteiger charge is -2.10. The molecule has 110 valence electrons. The molecule has 0 saturated heterocycles. The fourth-order valence-electron chi connectivity index (χ4n) is 2.56. The molecule has 0 amide bonds. The van der Waals surface area contributed by atoms with Gasteiger partial charge in [-0.05, 0) is 28.8 Å². The lowest BCUT2D eigenvalue weighted by atomic mass is 10.1. The van der Waals surface area contributed by atoms with Crippen molar-refractivity contribution in [3.8, 4) is 11.3 Å². The van der Waals surface area contributed by atoms with Crippen molar-refractivity contribution in [2.75, 3.05) is 0 Å². The minimum Gasteiger partial charge on any atom is -0.231 e. The zero-order valence-electron chi connectivity index (χ0n) is 11.6. The summed E-state index contributed by atoms with van der Waals surface area (Å²) in [5.74, 6) is 1.65. The van der Waals surface area contributed by atoms with Gasteiger partial charge in [-0.2, -0.15) is 11.8 Å². The van der Waals surface area contributed by atoms with Crippen LogP contribution in [0.3, 0.4) is 0 Å². The molecule has 1 heterocycles. The number of hydrogen-bond donors (Lipinski definition) is 0. The minimum absolute atomic E-state index is 0.492. The Morgan fingerprint density at radius 1 is 1.14 bits per heavy atom. The van der Waals surface area contributed by atoms with Gasteiger partial charge in [-0.1, -0.05) is 54.8 Å². The van der Waals surface area contributed by atoms with Gasteiger partial charge in [-0.3, -0.25) is 0 Å². The maximum absolute atomic E-state index is 6.26. The van der Waals surface area contributed by atoms with Gasteiger partial charge in [0.15, 0.2) is 0 Å². The molecule has 0 N–H and O–H groups in total. The van der Waals surface area contributed by atoms with E-state index < -0.39 is 0 Å². The molecule has 3 rings (SSSR count). The van der Waals surface area contributed by atoms with E-state index in [1.165, 1.54) is 25.7 Å². The number of aromatic nitrogens is 2. The maximum atomic E-state index is 6.26. The van der Waals surface area contributed by atoms with Gasteiger partial charge in [0.1, 0.15) is 11.0 Å². The monoisotopic (exact) mass is 382 g/mol. The van der Waals surface area contributed by atoms with E-state index in [0.29, 0.717) is 5.15 Å². The van der Waals surface area contributed by atoms with Gasteiger partial charge in [0.25, 0.3) is 0 Å². The Kier molecular flexibility index (Phi) is 5.19. The normalized spacial score (nSPS) is 15.5. The van der Waals surface area contributed by atoms with Crippen molar-refractivity contribution in [2.24, 2.45) is 0 Å². The third-order valence-electron chi connectivity index (χ3n) is 3.65. The van der Waals surface area contributed by atoms with Crippen LogP contribution in [0.25, 0.3) is 11.3 Å². The van der Waals surface area contributed by atoms with Gasteiger partial charge >= 0.3 is 0 Å². The lowest BCUT2D eigenvalue weighted by molar-refractivity contribution is 0.886. The highest BCUT2D eigenvalue weighted by Crippen LogP contribution is 2.34. The Hall–Kier alpha value is -0.580. The fourth-order valence-corrected chi connectivity index (χ4v) is 4.34. The maximum Gasteiger partial charge on any atom is 0.147 e. The zero-order chi connectivity index (χ0) is 14.7. The van der Waals surface area contributed by atoms with Crippen molar-refractivity contribution in [1.82, 2.24) is 9.97 Å². The number of hydrogen-bond acceptors (Lipinski definition) is 3. The van der Waals surface area contributed by atoms with Gasteiger partial charge in [-0.25, -0.2) is 9.97 Å². The topological polar surface area (TPSA) is 25.8 Å². The summed E-state index contributed by atoms with van der Waals surface area (Å²) in [7, 11) is 0. The molecule has 2 nitrogen and oxygen atoms in total. The van der Waals surface area contributed by atoms with Crippen molar-refractivity contribution < 1.29 is 0 Å². The SMILES string of the molecule is Clc1nc(CSC2CCCC2)nc(-c2ccccc2)c1Br. The summed E-state index contributed by atoms with van der Waals surface area (Å²) in [6, 6.07) is 10.1. The first-order chi connectivity index (χ1) is 10.2. The van der Waals surface area contributed by atoms with Crippen LogP contribution in [-0.4, -0.2) is 15.2 Å². The van der Waals surface area contributed by atoms with E-state index in [1.807, 2.05) is 42.1 Å². The smallest absolute Gasteiger partial charge is 0.147 e. The van der Waals surface area contributed by atoms with Crippen LogP contribution < -0.4 is 0 Å². The second kappa shape index (κ2) is 7.12. The molecule has 1 aliphatic carbocycles. The third-order valence-corrected chi connectivity index (χ3v) is 6.28. The van der Waals surface area contributed by atoms with E-state index in [9.17, 15) is 0 Å². The average molecular weight is 384 g/mol. The van der Waals surface area contributed by atoms with E-state index in [1.54, 1.807) is 0 Å². The molecule has 1 saturated carbocycles. The van der Waals surface area contributed by atoms with Crippen molar-refractivity contribution >= 4 is 39.3 Å². The number of halogens is 2. The summed E-state index contributed by atoms with van der Waals surface area (Å²) in [6.45, 7) is 0. The van der Waals surface area contributed by atoms with E-state index in [0.717, 1.165) is 32.6 Å². The molecule has 0 radical (unpaired) electrons. The summed E-state index contributed by atoms with van der Waals surface area (Å²) < 4.78 is 0.769. The second-order valence-electron chi connectivity index (χ2n) is 5.18. The first-order valence-corrected chi connectivity index (χ1v) is 9.35. The Morgan fingerprint density at radius 2 is 1.86 bits per heavy atom. The molecule has 5 heteroatoms.